The largest absolute Gasteiger partial charge is 0.371 e. The van der Waals surface area contributed by atoms with Gasteiger partial charge in [0.25, 0.3) is 0 Å². The van der Waals surface area contributed by atoms with Gasteiger partial charge in [-0.1, -0.05) is 183 Å². The summed E-state index contributed by atoms with van der Waals surface area (Å²) in [6.07, 6.45) is 15.4. The molecule has 1 saturated carbocycles. The van der Waals surface area contributed by atoms with Crippen LogP contribution in [0.3, 0.4) is 0 Å². The number of piperidine rings is 2. The number of hydrogen-bond donors (Lipinski definition) is 0. The number of aromatic nitrogens is 1. The van der Waals surface area contributed by atoms with Crippen LogP contribution in [0.15, 0.2) is 48.7 Å². The van der Waals surface area contributed by atoms with Gasteiger partial charge in [0, 0.05) is 69.0 Å². The normalized spacial score (nSPS) is 16.4. The van der Waals surface area contributed by atoms with Gasteiger partial charge >= 0.3 is 0 Å². The van der Waals surface area contributed by atoms with Crippen molar-refractivity contribution in [1.29, 1.82) is 0 Å². The molecule has 0 spiro atoms. The molecule has 0 bridgehead atoms. The molecule has 0 atom stereocenters. The average molecular weight is 851 g/mol. The highest BCUT2D eigenvalue weighted by atomic mass is 15.3. The lowest BCUT2D eigenvalue weighted by Crippen LogP contribution is -2.55. The highest BCUT2D eigenvalue weighted by Gasteiger charge is 2.35. The molecule has 4 aliphatic rings. The minimum absolute atomic E-state index is 0.768. The van der Waals surface area contributed by atoms with Crippen molar-refractivity contribution in [2.45, 2.75) is 221 Å². The Morgan fingerprint density at radius 1 is 0.443 bits per heavy atom. The van der Waals surface area contributed by atoms with Crippen molar-refractivity contribution in [1.82, 2.24) is 19.7 Å². The Morgan fingerprint density at radius 3 is 1.13 bits per heavy atom. The molecule has 0 N–H and O–H groups in total. The number of benzene rings is 2. The first-order chi connectivity index (χ1) is 29.7. The summed E-state index contributed by atoms with van der Waals surface area (Å²) in [5.74, 6) is 0. The zero-order chi connectivity index (χ0) is 47.2. The maximum atomic E-state index is 4.69. The third-order valence-corrected chi connectivity index (χ3v) is 10.6. The minimum atomic E-state index is 0.768. The molecule has 1 aromatic heterocycles. The molecule has 0 radical (unpaired) electrons. The van der Waals surface area contributed by atoms with E-state index in [4.69, 9.17) is 0 Å². The van der Waals surface area contributed by atoms with E-state index in [9.17, 15) is 0 Å². The fourth-order valence-corrected chi connectivity index (χ4v) is 7.43. The molecule has 3 aliphatic heterocycles. The lowest BCUT2D eigenvalue weighted by atomic mass is 9.95. The molecule has 5 heteroatoms. The summed E-state index contributed by atoms with van der Waals surface area (Å²) in [4.78, 5) is 15.7. The lowest BCUT2D eigenvalue weighted by Gasteiger charge is -2.46. The number of anilines is 1. The first-order valence-corrected chi connectivity index (χ1v) is 26.1. The van der Waals surface area contributed by atoms with E-state index in [1.807, 2.05) is 69.2 Å². The SMILES string of the molecule is CC.CC.CC.CC.CC.CCC.CCC.CCCC.Cc1ccc(C)cc1.Cc1ccc2ncc(C)c(N3CCC(N4CCC(N5CCN(C6CC6)CC5)CC4)CC3)c2c1. The van der Waals surface area contributed by atoms with Gasteiger partial charge in [-0.25, -0.2) is 0 Å². The van der Waals surface area contributed by atoms with Crippen LogP contribution in [0.4, 0.5) is 5.69 Å². The van der Waals surface area contributed by atoms with Gasteiger partial charge in [-0.05, 0) is 97.0 Å². The van der Waals surface area contributed by atoms with E-state index in [1.165, 1.54) is 150 Å². The molecule has 61 heavy (non-hydrogen) atoms. The van der Waals surface area contributed by atoms with Crippen LogP contribution >= 0.6 is 0 Å². The van der Waals surface area contributed by atoms with Crippen LogP contribution in [0.2, 0.25) is 0 Å². The van der Waals surface area contributed by atoms with E-state index in [-0.39, 0.29) is 0 Å². The van der Waals surface area contributed by atoms with Crippen LogP contribution in [0.5, 0.6) is 0 Å². The third kappa shape index (κ3) is 25.4. The van der Waals surface area contributed by atoms with E-state index >= 15 is 0 Å². The van der Waals surface area contributed by atoms with E-state index in [0.717, 1.165) is 23.6 Å². The number of likely N-dealkylation sites (tertiary alicyclic amines) is 1. The number of nitrogens with zero attached hydrogens (tertiary/aromatic N) is 5. The maximum Gasteiger partial charge on any atom is 0.0723 e. The Morgan fingerprint density at radius 2 is 0.770 bits per heavy atom. The van der Waals surface area contributed by atoms with Crippen molar-refractivity contribution in [3.63, 3.8) is 0 Å². The van der Waals surface area contributed by atoms with E-state index in [0.29, 0.717) is 0 Å². The summed E-state index contributed by atoms with van der Waals surface area (Å²) in [5, 5.41) is 1.33. The predicted molar refractivity (Wildman–Crippen MR) is 282 cm³/mol. The Labute approximate surface area is 383 Å². The second-order valence-electron chi connectivity index (χ2n) is 15.7. The Hall–Kier alpha value is -2.47. The third-order valence-electron chi connectivity index (χ3n) is 10.6. The number of aryl methyl sites for hydroxylation is 4. The highest BCUT2D eigenvalue weighted by Crippen LogP contribution is 2.34. The van der Waals surface area contributed by atoms with Gasteiger partial charge in [0.1, 0.15) is 0 Å². The zero-order valence-corrected chi connectivity index (χ0v) is 44.8. The van der Waals surface area contributed by atoms with Gasteiger partial charge in [-0.3, -0.25) is 14.8 Å². The number of pyridine rings is 1. The summed E-state index contributed by atoms with van der Waals surface area (Å²) in [6.45, 7) is 51.6. The van der Waals surface area contributed by atoms with Crippen molar-refractivity contribution < 1.29 is 0 Å². The number of rotatable bonds is 5. The van der Waals surface area contributed by atoms with Gasteiger partial charge in [0.05, 0.1) is 11.2 Å². The van der Waals surface area contributed by atoms with Crippen LogP contribution in [-0.2, 0) is 0 Å². The minimum Gasteiger partial charge on any atom is -0.371 e. The molecule has 5 nitrogen and oxygen atoms in total. The van der Waals surface area contributed by atoms with Crippen molar-refractivity contribution in [2.24, 2.45) is 0 Å². The molecule has 0 unspecified atom stereocenters. The molecule has 356 valence electrons. The molecule has 0 amide bonds. The number of hydrogen-bond acceptors (Lipinski definition) is 5. The maximum absolute atomic E-state index is 4.69. The zero-order valence-electron chi connectivity index (χ0n) is 44.8. The molecule has 4 heterocycles. The summed E-state index contributed by atoms with van der Waals surface area (Å²) in [6, 6.07) is 17.7. The van der Waals surface area contributed by atoms with Crippen LogP contribution in [0, 0.1) is 27.7 Å². The molecular formula is C56H107N5. The van der Waals surface area contributed by atoms with Crippen molar-refractivity contribution in [3.05, 3.63) is 70.9 Å². The summed E-state index contributed by atoms with van der Waals surface area (Å²) in [5.41, 5.74) is 7.85. The van der Waals surface area contributed by atoms with Gasteiger partial charge in [-0.15, -0.1) is 0 Å². The van der Waals surface area contributed by atoms with Crippen LogP contribution in [0.1, 0.15) is 197 Å². The van der Waals surface area contributed by atoms with Crippen LogP contribution in [0.25, 0.3) is 10.9 Å². The standard InChI is InChI=1S/C28H41N5.C8H10.C4H10.2C3H8.5C2H6/c1-21-3-6-27-26(19-21)28(22(2)20-29-27)33-13-9-24(10-14-33)30-11-7-25(8-12-30)32-17-15-31(16-18-32)23-4-5-23;1-7-3-5-8(2)6-4-7;1-3-4-2;2*1-3-2;5*1-2/h3,6,19-20,23-25H,4-5,7-18H2,1-2H3;3-6H,1-2H3;3-4H2,1-2H3;2*3H2,1-2H3;5*1-2H3. The topological polar surface area (TPSA) is 25.9 Å². The number of fused-ring (bicyclic) bond motifs is 1. The van der Waals surface area contributed by atoms with E-state index < -0.39 is 0 Å². The quantitative estimate of drug-likeness (QED) is 0.255. The summed E-state index contributed by atoms with van der Waals surface area (Å²) in [7, 11) is 0. The average Bonchev–Trinajstić information content (AvgIpc) is 4.18. The molecule has 3 saturated heterocycles. The molecule has 7 rings (SSSR count). The van der Waals surface area contributed by atoms with Crippen LogP contribution < -0.4 is 4.90 Å². The van der Waals surface area contributed by atoms with Crippen molar-refractivity contribution >= 4 is 16.6 Å². The Kier molecular flexibility index (Phi) is 42.8. The Bertz CT molecular complexity index is 1310. The predicted octanol–water partition coefficient (Wildman–Crippen LogP) is 16.1. The van der Waals surface area contributed by atoms with E-state index in [1.54, 1.807) is 0 Å². The monoisotopic (exact) mass is 850 g/mol. The number of unbranched alkanes of at least 4 members (excludes halogenated alkanes) is 1. The van der Waals surface area contributed by atoms with Gasteiger partial charge in [0.15, 0.2) is 0 Å². The second-order valence-corrected chi connectivity index (χ2v) is 15.7. The first-order valence-electron chi connectivity index (χ1n) is 26.1. The fourth-order valence-electron chi connectivity index (χ4n) is 7.43. The van der Waals surface area contributed by atoms with Crippen molar-refractivity contribution in [3.8, 4) is 0 Å². The van der Waals surface area contributed by atoms with Crippen LogP contribution in [-0.4, -0.2) is 90.2 Å². The van der Waals surface area contributed by atoms with Gasteiger partial charge in [-0.2, -0.15) is 0 Å². The smallest absolute Gasteiger partial charge is 0.0723 e. The molecule has 2 aromatic carbocycles. The molecule has 3 aromatic rings. The second kappa shape index (κ2) is 41.5. The van der Waals surface area contributed by atoms with Crippen molar-refractivity contribution in [2.75, 3.05) is 57.3 Å². The van der Waals surface area contributed by atoms with E-state index in [2.05, 4.69) is 142 Å². The molecular weight excluding hydrogens is 743 g/mol. The molecule has 4 fully saturated rings. The molecule has 1 aliphatic carbocycles. The lowest BCUT2D eigenvalue weighted by molar-refractivity contribution is 0.0416. The van der Waals surface area contributed by atoms with Gasteiger partial charge in [0.2, 0.25) is 0 Å². The fraction of sp³-hybridized carbons (Fsp3) is 0.732. The Balaban J connectivity index is -0.000000994. The highest BCUT2D eigenvalue weighted by molar-refractivity contribution is 5.93. The van der Waals surface area contributed by atoms with Gasteiger partial charge < -0.3 is 9.80 Å². The summed E-state index contributed by atoms with van der Waals surface area (Å²) < 4.78 is 0. The number of piperazine rings is 1. The first kappa shape index (κ1) is 62.8. The summed E-state index contributed by atoms with van der Waals surface area (Å²) >= 11 is 0.